The first-order valence-corrected chi connectivity index (χ1v) is 11.6. The number of ether oxygens (including phenoxy) is 2. The summed E-state index contributed by atoms with van der Waals surface area (Å²) in [6.07, 6.45) is 2.74. The summed E-state index contributed by atoms with van der Waals surface area (Å²) in [5.74, 6) is 0.414. The zero-order valence-electron chi connectivity index (χ0n) is 19.6. The Morgan fingerprint density at radius 3 is 2.68 bits per heavy atom. The fourth-order valence-corrected chi connectivity index (χ4v) is 4.97. The van der Waals surface area contributed by atoms with Crippen LogP contribution in [-0.4, -0.2) is 54.7 Å². The lowest BCUT2D eigenvalue weighted by Crippen LogP contribution is -2.18. The van der Waals surface area contributed by atoms with E-state index < -0.39 is 12.7 Å². The van der Waals surface area contributed by atoms with Crippen molar-refractivity contribution in [2.45, 2.75) is 31.0 Å². The van der Waals surface area contributed by atoms with E-state index in [4.69, 9.17) is 21.1 Å². The molecule has 0 radical (unpaired) electrons. The van der Waals surface area contributed by atoms with Crippen LogP contribution >= 0.6 is 11.6 Å². The Labute approximate surface area is 212 Å². The van der Waals surface area contributed by atoms with Crippen molar-refractivity contribution < 1.29 is 22.6 Å². The number of fused-ring (bicyclic) bond motifs is 2. The maximum absolute atomic E-state index is 13.1. The highest BCUT2D eigenvalue weighted by molar-refractivity contribution is 6.35. The largest absolute Gasteiger partial charge is 0.480 e. The van der Waals surface area contributed by atoms with Crippen molar-refractivity contribution in [3.05, 3.63) is 59.1 Å². The summed E-state index contributed by atoms with van der Waals surface area (Å²) in [6.45, 7) is -1.18. The van der Waals surface area contributed by atoms with Gasteiger partial charge in [-0.05, 0) is 42.0 Å². The molecule has 4 aromatic heterocycles. The molecule has 1 aliphatic rings. The molecule has 0 spiro atoms. The number of imidazole rings is 1. The molecular weight excluding hydrogens is 511 g/mol. The van der Waals surface area contributed by atoms with Gasteiger partial charge >= 0.3 is 12.2 Å². The number of hydrogen-bond donors (Lipinski definition) is 0. The molecule has 1 fully saturated rings. The molecule has 0 unspecified atom stereocenters. The third kappa shape index (κ3) is 4.20. The van der Waals surface area contributed by atoms with Gasteiger partial charge in [-0.2, -0.15) is 28.4 Å². The van der Waals surface area contributed by atoms with Gasteiger partial charge in [0.25, 0.3) is 0 Å². The van der Waals surface area contributed by atoms with Crippen LogP contribution in [0.2, 0.25) is 5.02 Å². The van der Waals surface area contributed by atoms with Crippen molar-refractivity contribution in [1.29, 1.82) is 0 Å². The van der Waals surface area contributed by atoms with Gasteiger partial charge in [-0.15, -0.1) is 0 Å². The molecule has 37 heavy (non-hydrogen) atoms. The van der Waals surface area contributed by atoms with Crippen LogP contribution in [0.1, 0.15) is 29.4 Å². The molecule has 4 heterocycles. The summed E-state index contributed by atoms with van der Waals surface area (Å²) in [7, 11) is 2.97. The van der Waals surface area contributed by atoms with Gasteiger partial charge in [-0.3, -0.25) is 4.68 Å². The van der Waals surface area contributed by atoms with Crippen molar-refractivity contribution >= 4 is 28.2 Å². The van der Waals surface area contributed by atoms with Crippen LogP contribution in [0.4, 0.5) is 13.2 Å². The van der Waals surface area contributed by atoms with E-state index in [1.165, 1.54) is 20.4 Å². The Morgan fingerprint density at radius 2 is 1.92 bits per heavy atom. The number of halogens is 4. The zero-order valence-corrected chi connectivity index (χ0v) is 20.3. The molecule has 1 aromatic carbocycles. The van der Waals surface area contributed by atoms with E-state index in [1.54, 1.807) is 35.2 Å². The van der Waals surface area contributed by atoms with Gasteiger partial charge in [0.15, 0.2) is 5.65 Å². The molecule has 1 saturated carbocycles. The van der Waals surface area contributed by atoms with E-state index in [0.29, 0.717) is 38.7 Å². The SMILES string of the molecule is COc1ncc(-c2cc([C@H]3C[C@@H]3c3cc(Cl)c4cnn(CC(F)(F)F)c4c3)c3nccn3n2)c(OC)n1. The smallest absolute Gasteiger partial charge is 0.408 e. The maximum Gasteiger partial charge on any atom is 0.408 e. The van der Waals surface area contributed by atoms with Crippen LogP contribution in [0.25, 0.3) is 27.8 Å². The van der Waals surface area contributed by atoms with E-state index in [9.17, 15) is 13.2 Å². The van der Waals surface area contributed by atoms with Crippen LogP contribution in [0.15, 0.2) is 43.0 Å². The third-order valence-corrected chi connectivity index (χ3v) is 6.77. The standard InChI is InChI=1S/C24H19ClF3N7O2/c1-36-22-17(9-30-23(32-22)37-2)19-8-15(21-29-3-4-34(21)33-19)14-7-13(14)12-5-18(25)16-10-31-35(20(16)6-12)11-24(26,27)28/h3-6,8-10,13-14H,7,11H2,1-2H3/t13-,14+/m1/s1. The molecular formula is C24H19ClF3N7O2. The first-order chi connectivity index (χ1) is 17.8. The number of methoxy groups -OCH3 is 2. The first-order valence-electron chi connectivity index (χ1n) is 11.3. The molecule has 0 bridgehead atoms. The van der Waals surface area contributed by atoms with Gasteiger partial charge < -0.3 is 9.47 Å². The Kier molecular flexibility index (Phi) is 5.44. The monoisotopic (exact) mass is 529 g/mol. The molecule has 2 atom stereocenters. The Balaban J connectivity index is 1.40. The Morgan fingerprint density at radius 1 is 1.08 bits per heavy atom. The highest BCUT2D eigenvalue weighted by Crippen LogP contribution is 2.56. The molecule has 5 aromatic rings. The average molecular weight is 530 g/mol. The molecule has 0 aliphatic heterocycles. The number of hydrogen-bond acceptors (Lipinski definition) is 7. The van der Waals surface area contributed by atoms with Crippen LogP contribution in [-0.2, 0) is 6.54 Å². The van der Waals surface area contributed by atoms with Gasteiger partial charge in [0.2, 0.25) is 5.88 Å². The van der Waals surface area contributed by atoms with Crippen molar-refractivity contribution in [2.24, 2.45) is 0 Å². The Hall–Kier alpha value is -3.93. The summed E-state index contributed by atoms with van der Waals surface area (Å²) >= 11 is 6.45. The molecule has 9 nitrogen and oxygen atoms in total. The summed E-state index contributed by atoms with van der Waals surface area (Å²) in [6, 6.07) is 5.65. The number of benzene rings is 1. The minimum Gasteiger partial charge on any atom is -0.480 e. The minimum absolute atomic E-state index is 0.0425. The van der Waals surface area contributed by atoms with Gasteiger partial charge in [-0.25, -0.2) is 14.5 Å². The van der Waals surface area contributed by atoms with Crippen LogP contribution < -0.4 is 9.47 Å². The number of nitrogens with zero attached hydrogens (tertiary/aromatic N) is 7. The molecule has 0 amide bonds. The van der Waals surface area contributed by atoms with Crippen LogP contribution in [0, 0.1) is 0 Å². The summed E-state index contributed by atoms with van der Waals surface area (Å²) in [4.78, 5) is 12.9. The number of aromatic nitrogens is 7. The second kappa shape index (κ2) is 8.58. The highest BCUT2D eigenvalue weighted by Gasteiger charge is 2.42. The van der Waals surface area contributed by atoms with Gasteiger partial charge in [0, 0.05) is 29.5 Å². The van der Waals surface area contributed by atoms with Crippen molar-refractivity contribution in [2.75, 3.05) is 14.2 Å². The van der Waals surface area contributed by atoms with E-state index in [0.717, 1.165) is 22.2 Å². The maximum atomic E-state index is 13.1. The third-order valence-electron chi connectivity index (χ3n) is 6.45. The zero-order chi connectivity index (χ0) is 25.9. The Bertz CT molecular complexity index is 1650. The van der Waals surface area contributed by atoms with Gasteiger partial charge in [0.05, 0.1) is 42.2 Å². The molecule has 1 aliphatic carbocycles. The van der Waals surface area contributed by atoms with Gasteiger partial charge in [-0.1, -0.05) is 11.6 Å². The first kappa shape index (κ1) is 23.5. The van der Waals surface area contributed by atoms with Crippen molar-refractivity contribution in [3.8, 4) is 23.1 Å². The predicted octanol–water partition coefficient (Wildman–Crippen LogP) is 5.04. The van der Waals surface area contributed by atoms with Crippen molar-refractivity contribution in [1.82, 2.24) is 34.3 Å². The molecule has 0 saturated heterocycles. The second-order valence-electron chi connectivity index (χ2n) is 8.76. The summed E-state index contributed by atoms with van der Waals surface area (Å²) in [5.41, 5.74) is 4.00. The van der Waals surface area contributed by atoms with E-state index in [1.807, 2.05) is 6.07 Å². The molecule has 0 N–H and O–H groups in total. The van der Waals surface area contributed by atoms with E-state index >= 15 is 0 Å². The lowest BCUT2D eigenvalue weighted by Gasteiger charge is -2.11. The minimum atomic E-state index is -4.39. The van der Waals surface area contributed by atoms with Crippen LogP contribution in [0.3, 0.4) is 0 Å². The predicted molar refractivity (Wildman–Crippen MR) is 128 cm³/mol. The lowest BCUT2D eigenvalue weighted by molar-refractivity contribution is -0.141. The lowest BCUT2D eigenvalue weighted by atomic mass is 10.0. The van der Waals surface area contributed by atoms with E-state index in [-0.39, 0.29) is 17.8 Å². The van der Waals surface area contributed by atoms with E-state index in [2.05, 4.69) is 25.1 Å². The summed E-state index contributed by atoms with van der Waals surface area (Å²) < 4.78 is 52.3. The van der Waals surface area contributed by atoms with Gasteiger partial charge in [0.1, 0.15) is 6.54 Å². The summed E-state index contributed by atoms with van der Waals surface area (Å²) in [5, 5.41) is 9.41. The van der Waals surface area contributed by atoms with Crippen molar-refractivity contribution in [3.63, 3.8) is 0 Å². The molecule has 6 rings (SSSR count). The fourth-order valence-electron chi connectivity index (χ4n) is 4.70. The topological polar surface area (TPSA) is 92.3 Å². The number of rotatable bonds is 6. The van der Waals surface area contributed by atoms with Crippen LogP contribution in [0.5, 0.6) is 11.9 Å². The average Bonchev–Trinajstić information content (AvgIpc) is 3.35. The fraction of sp³-hybridized carbons (Fsp3) is 0.292. The highest BCUT2D eigenvalue weighted by atomic mass is 35.5. The quantitative estimate of drug-likeness (QED) is 0.304. The normalized spacial score (nSPS) is 17.5. The second-order valence-corrected chi connectivity index (χ2v) is 9.17. The number of alkyl halides is 3. The molecule has 190 valence electrons. The molecule has 13 heteroatoms.